The third kappa shape index (κ3) is 4.35. The molecule has 1 heterocycles. The molecule has 0 aromatic carbocycles. The van der Waals surface area contributed by atoms with Crippen LogP contribution < -0.4 is 5.32 Å². The summed E-state index contributed by atoms with van der Waals surface area (Å²) in [5.41, 5.74) is 0. The van der Waals surface area contributed by atoms with E-state index in [1.54, 1.807) is 13.3 Å². The van der Waals surface area contributed by atoms with Crippen molar-refractivity contribution < 1.29 is 9.90 Å². The molecule has 2 N–H and O–H groups in total. The van der Waals surface area contributed by atoms with Crippen molar-refractivity contribution in [2.24, 2.45) is 0 Å². The number of carbonyl (C=O) groups excluding carboxylic acids is 1. The zero-order valence-electron chi connectivity index (χ0n) is 10.3. The molecule has 1 atom stereocenters. The van der Waals surface area contributed by atoms with E-state index in [2.05, 4.69) is 15.5 Å². The molecule has 1 rings (SSSR count). The Morgan fingerprint density at radius 1 is 1.59 bits per heavy atom. The van der Waals surface area contributed by atoms with Gasteiger partial charge in [-0.15, -0.1) is 10.2 Å². The summed E-state index contributed by atoms with van der Waals surface area (Å²) in [6.45, 7) is 5.75. The topological polar surface area (TPSA) is 80.0 Å². The molecule has 7 heteroatoms. The number of aliphatic hydroxyl groups is 1. The monoisotopic (exact) mass is 258 g/mol. The number of aliphatic hydroxyl groups excluding tert-OH is 1. The highest BCUT2D eigenvalue weighted by Gasteiger charge is 2.11. The lowest BCUT2D eigenvalue weighted by atomic mass is 10.4. The van der Waals surface area contributed by atoms with E-state index >= 15 is 0 Å². The van der Waals surface area contributed by atoms with Crippen LogP contribution in [0.4, 0.5) is 0 Å². The van der Waals surface area contributed by atoms with Gasteiger partial charge in [-0.3, -0.25) is 4.79 Å². The quantitative estimate of drug-likeness (QED) is 0.724. The van der Waals surface area contributed by atoms with E-state index in [0.717, 1.165) is 5.16 Å². The Hall–Kier alpha value is -1.08. The Kier molecular flexibility index (Phi) is 5.43. The maximum absolute atomic E-state index is 11.5. The first-order chi connectivity index (χ1) is 8.04. The van der Waals surface area contributed by atoms with Gasteiger partial charge in [-0.05, 0) is 20.8 Å². The molecule has 0 fully saturated rings. The molecule has 0 aliphatic carbocycles. The number of nitrogens with one attached hydrogen (secondary N) is 1. The lowest BCUT2D eigenvalue weighted by Gasteiger charge is -2.11. The Morgan fingerprint density at radius 2 is 2.29 bits per heavy atom. The summed E-state index contributed by atoms with van der Waals surface area (Å²) in [7, 11) is 0. The maximum atomic E-state index is 11.5. The van der Waals surface area contributed by atoms with Gasteiger partial charge in [-0.2, -0.15) is 0 Å². The summed E-state index contributed by atoms with van der Waals surface area (Å²) in [5, 5.41) is 20.0. The van der Waals surface area contributed by atoms with E-state index in [1.807, 2.05) is 18.4 Å². The van der Waals surface area contributed by atoms with Gasteiger partial charge in [0, 0.05) is 12.1 Å². The van der Waals surface area contributed by atoms with Crippen LogP contribution >= 0.6 is 11.8 Å². The lowest BCUT2D eigenvalue weighted by molar-refractivity contribution is -0.119. The standard InChI is InChI=1S/C10H18N4O2S/c1-7(2)14-6-11-13-10(14)17-5-9(16)12-8(3)4-15/h6-8,15H,4-5H2,1-3H3,(H,12,16). The van der Waals surface area contributed by atoms with Crippen LogP contribution in [-0.2, 0) is 4.79 Å². The van der Waals surface area contributed by atoms with Gasteiger partial charge in [-0.25, -0.2) is 0 Å². The molecule has 0 aliphatic rings. The van der Waals surface area contributed by atoms with Gasteiger partial charge >= 0.3 is 0 Å². The first kappa shape index (κ1) is 14.0. The van der Waals surface area contributed by atoms with Crippen LogP contribution in [0.5, 0.6) is 0 Å². The average molecular weight is 258 g/mol. The van der Waals surface area contributed by atoms with Crippen LogP contribution in [0.3, 0.4) is 0 Å². The molecule has 1 aromatic heterocycles. The summed E-state index contributed by atoms with van der Waals surface area (Å²) in [6, 6.07) is 0.0537. The second kappa shape index (κ2) is 6.61. The predicted octanol–water partition coefficient (Wildman–Crippen LogP) is 0.448. The minimum absolute atomic E-state index is 0.0570. The van der Waals surface area contributed by atoms with Crippen molar-refractivity contribution in [3.8, 4) is 0 Å². The molecule has 0 aliphatic heterocycles. The minimum Gasteiger partial charge on any atom is -0.394 e. The molecule has 0 radical (unpaired) electrons. The number of hydrogen-bond donors (Lipinski definition) is 2. The molecular weight excluding hydrogens is 240 g/mol. The fourth-order valence-electron chi connectivity index (χ4n) is 1.18. The van der Waals surface area contributed by atoms with Crippen molar-refractivity contribution in [1.29, 1.82) is 0 Å². The second-order valence-electron chi connectivity index (χ2n) is 4.05. The molecule has 1 unspecified atom stereocenters. The van der Waals surface area contributed by atoms with Crippen molar-refractivity contribution in [3.05, 3.63) is 6.33 Å². The third-order valence-corrected chi connectivity index (χ3v) is 3.07. The zero-order chi connectivity index (χ0) is 12.8. The number of amides is 1. The highest BCUT2D eigenvalue weighted by molar-refractivity contribution is 7.99. The van der Waals surface area contributed by atoms with Crippen LogP contribution in [0, 0.1) is 0 Å². The third-order valence-electron chi connectivity index (χ3n) is 2.11. The van der Waals surface area contributed by atoms with Crippen LogP contribution in [0.1, 0.15) is 26.8 Å². The number of carbonyl (C=O) groups is 1. The normalized spacial score (nSPS) is 12.8. The van der Waals surface area contributed by atoms with E-state index in [1.165, 1.54) is 11.8 Å². The van der Waals surface area contributed by atoms with Gasteiger partial charge in [0.15, 0.2) is 5.16 Å². The van der Waals surface area contributed by atoms with E-state index in [-0.39, 0.29) is 30.4 Å². The van der Waals surface area contributed by atoms with Gasteiger partial charge in [0.25, 0.3) is 0 Å². The van der Waals surface area contributed by atoms with Crippen LogP contribution in [0.2, 0.25) is 0 Å². The number of hydrogen-bond acceptors (Lipinski definition) is 5. The van der Waals surface area contributed by atoms with Crippen LogP contribution in [0.15, 0.2) is 11.5 Å². The van der Waals surface area contributed by atoms with Gasteiger partial charge in [0.1, 0.15) is 6.33 Å². The number of thioether (sulfide) groups is 1. The first-order valence-electron chi connectivity index (χ1n) is 5.47. The Bertz CT molecular complexity index is 367. The Balaban J connectivity index is 2.45. The summed E-state index contributed by atoms with van der Waals surface area (Å²) in [5.74, 6) is 0.158. The lowest BCUT2D eigenvalue weighted by Crippen LogP contribution is -2.36. The summed E-state index contributed by atoms with van der Waals surface area (Å²) >= 11 is 1.34. The summed E-state index contributed by atoms with van der Waals surface area (Å²) < 4.78 is 1.91. The Labute approximate surface area is 105 Å². The van der Waals surface area contributed by atoms with Crippen LogP contribution in [0.25, 0.3) is 0 Å². The molecule has 96 valence electrons. The molecule has 0 spiro atoms. The molecule has 1 amide bonds. The predicted molar refractivity (Wildman–Crippen MR) is 65.8 cm³/mol. The fourth-order valence-corrected chi connectivity index (χ4v) is 2.04. The molecule has 6 nitrogen and oxygen atoms in total. The maximum Gasteiger partial charge on any atom is 0.230 e. The van der Waals surface area contributed by atoms with E-state index in [4.69, 9.17) is 5.11 Å². The molecule has 0 bridgehead atoms. The molecule has 17 heavy (non-hydrogen) atoms. The first-order valence-corrected chi connectivity index (χ1v) is 6.45. The van der Waals surface area contributed by atoms with Crippen molar-refractivity contribution >= 4 is 17.7 Å². The highest BCUT2D eigenvalue weighted by atomic mass is 32.2. The van der Waals surface area contributed by atoms with E-state index < -0.39 is 0 Å². The molecule has 1 aromatic rings. The Morgan fingerprint density at radius 3 is 2.88 bits per heavy atom. The van der Waals surface area contributed by atoms with Crippen molar-refractivity contribution in [2.45, 2.75) is 38.0 Å². The zero-order valence-corrected chi connectivity index (χ0v) is 11.1. The number of aromatic nitrogens is 3. The van der Waals surface area contributed by atoms with Crippen molar-refractivity contribution in [3.63, 3.8) is 0 Å². The number of rotatable bonds is 6. The van der Waals surface area contributed by atoms with Gasteiger partial charge in [-0.1, -0.05) is 11.8 Å². The van der Waals surface area contributed by atoms with Gasteiger partial charge in [0.2, 0.25) is 5.91 Å². The summed E-state index contributed by atoms with van der Waals surface area (Å²) in [4.78, 5) is 11.5. The highest BCUT2D eigenvalue weighted by Crippen LogP contribution is 2.18. The molecule has 0 saturated carbocycles. The average Bonchev–Trinajstić information content (AvgIpc) is 2.74. The van der Waals surface area contributed by atoms with Crippen molar-refractivity contribution in [1.82, 2.24) is 20.1 Å². The SMILES string of the molecule is CC(CO)NC(=O)CSc1nncn1C(C)C. The van der Waals surface area contributed by atoms with Crippen LogP contribution in [-0.4, -0.2) is 44.2 Å². The van der Waals surface area contributed by atoms with E-state index in [9.17, 15) is 4.79 Å². The van der Waals surface area contributed by atoms with Gasteiger partial charge < -0.3 is 15.0 Å². The fraction of sp³-hybridized carbons (Fsp3) is 0.700. The second-order valence-corrected chi connectivity index (χ2v) is 5.00. The van der Waals surface area contributed by atoms with E-state index in [0.29, 0.717) is 0 Å². The molecular formula is C10H18N4O2S. The minimum atomic E-state index is -0.217. The van der Waals surface area contributed by atoms with Gasteiger partial charge in [0.05, 0.1) is 12.4 Å². The largest absolute Gasteiger partial charge is 0.394 e. The number of nitrogens with zero attached hydrogens (tertiary/aromatic N) is 3. The van der Waals surface area contributed by atoms with Crippen molar-refractivity contribution in [2.75, 3.05) is 12.4 Å². The summed E-state index contributed by atoms with van der Waals surface area (Å²) in [6.07, 6.45) is 1.65. The molecule has 0 saturated heterocycles. The smallest absolute Gasteiger partial charge is 0.230 e.